The molecule has 0 saturated heterocycles. The summed E-state index contributed by atoms with van der Waals surface area (Å²) in [4.78, 5) is 29.4. The summed E-state index contributed by atoms with van der Waals surface area (Å²) in [6, 6.07) is -0.716. The lowest BCUT2D eigenvalue weighted by molar-refractivity contribution is -0.138. The van der Waals surface area contributed by atoms with Crippen LogP contribution in [0.1, 0.15) is 19.3 Å². The molecular weight excluding hydrogens is 248 g/mol. The van der Waals surface area contributed by atoms with Crippen LogP contribution in [0.5, 0.6) is 0 Å². The van der Waals surface area contributed by atoms with Gasteiger partial charge in [0.15, 0.2) is 0 Å². The number of hydrogen-bond donors (Lipinski definition) is 4. The fourth-order valence-electron chi connectivity index (χ4n) is 0.745. The predicted molar refractivity (Wildman–Crippen MR) is 60.0 cm³/mol. The van der Waals surface area contributed by atoms with E-state index in [0.29, 0.717) is 13.0 Å². The Morgan fingerprint density at radius 1 is 1.22 bits per heavy atom. The third-order valence-corrected chi connectivity index (χ3v) is 1.62. The third kappa shape index (κ3) is 14.1. The molecule has 18 heavy (non-hydrogen) atoms. The van der Waals surface area contributed by atoms with E-state index in [4.69, 9.17) is 21.7 Å². The number of nitrogens with two attached hydrogens (primary N) is 2. The van der Waals surface area contributed by atoms with E-state index in [1.54, 1.807) is 0 Å². The smallest absolute Gasteiger partial charge is 0.480 e. The summed E-state index contributed by atoms with van der Waals surface area (Å²) in [6.07, 6.45) is -0.730. The Kier molecular flexibility index (Phi) is 11.9. The van der Waals surface area contributed by atoms with Crippen LogP contribution in [0.15, 0.2) is 0 Å². The molecule has 0 fully saturated rings. The van der Waals surface area contributed by atoms with Crippen LogP contribution in [0.4, 0.5) is 9.59 Å². The van der Waals surface area contributed by atoms with Crippen molar-refractivity contribution < 1.29 is 34.1 Å². The molecule has 0 aliphatic carbocycles. The maximum absolute atomic E-state index is 10.1. The fraction of sp³-hybridized carbons (Fsp3) is 0.667. The van der Waals surface area contributed by atoms with Gasteiger partial charge in [0.05, 0.1) is 7.11 Å². The lowest BCUT2D eigenvalue weighted by atomic mass is 10.1. The van der Waals surface area contributed by atoms with Gasteiger partial charge in [0.25, 0.3) is 0 Å². The largest absolute Gasteiger partial charge is 0.518 e. The molecule has 0 aliphatic rings. The van der Waals surface area contributed by atoms with E-state index in [-0.39, 0.29) is 0 Å². The Bertz CT molecular complexity index is 270. The van der Waals surface area contributed by atoms with Crippen molar-refractivity contribution in [2.24, 2.45) is 11.5 Å². The number of hydrogen-bond acceptors (Lipinski definition) is 7. The zero-order chi connectivity index (χ0) is 14.6. The number of rotatable bonds is 5. The average Bonchev–Trinajstić information content (AvgIpc) is 2.29. The minimum atomic E-state index is -1.67. The molecule has 0 spiro atoms. The Morgan fingerprint density at radius 3 is 2.06 bits per heavy atom. The highest BCUT2D eigenvalue weighted by Crippen LogP contribution is 1.96. The zero-order valence-corrected chi connectivity index (χ0v) is 10.00. The van der Waals surface area contributed by atoms with Gasteiger partial charge in [-0.3, -0.25) is 4.79 Å². The predicted octanol–water partition coefficient (Wildman–Crippen LogP) is -0.0253. The molecule has 1 atom stereocenters. The van der Waals surface area contributed by atoms with Crippen LogP contribution in [-0.4, -0.2) is 48.2 Å². The van der Waals surface area contributed by atoms with E-state index in [0.717, 1.165) is 20.0 Å². The number of aliphatic carboxylic acids is 1. The maximum Gasteiger partial charge on any atom is 0.518 e. The number of unbranched alkanes of at least 4 members (excludes halogenated alkanes) is 1. The molecule has 9 nitrogen and oxygen atoms in total. The summed E-state index contributed by atoms with van der Waals surface area (Å²) < 4.78 is 7.27. The molecule has 0 rings (SSSR count). The Balaban J connectivity index is 0. The number of ether oxygens (including phenoxy) is 2. The van der Waals surface area contributed by atoms with Gasteiger partial charge in [-0.15, -0.1) is 0 Å². The van der Waals surface area contributed by atoms with E-state index in [1.165, 1.54) is 0 Å². The molecule has 0 aliphatic heterocycles. The second-order valence-corrected chi connectivity index (χ2v) is 3.05. The third-order valence-electron chi connectivity index (χ3n) is 1.62. The first-order chi connectivity index (χ1) is 8.34. The highest BCUT2D eigenvalue weighted by atomic mass is 16.8. The molecule has 0 radical (unpaired) electrons. The number of methoxy groups -OCH3 is 1. The van der Waals surface area contributed by atoms with Crippen molar-refractivity contribution in [3.8, 4) is 0 Å². The van der Waals surface area contributed by atoms with E-state index >= 15 is 0 Å². The molecular formula is C9H18N2O7. The maximum atomic E-state index is 10.1. The van der Waals surface area contributed by atoms with Crippen LogP contribution in [0.2, 0.25) is 0 Å². The molecule has 0 amide bonds. The molecule has 0 heterocycles. The van der Waals surface area contributed by atoms with Crippen LogP contribution in [0, 0.1) is 0 Å². The van der Waals surface area contributed by atoms with Crippen LogP contribution < -0.4 is 11.5 Å². The van der Waals surface area contributed by atoms with E-state index in [9.17, 15) is 14.4 Å². The first kappa shape index (κ1) is 18.5. The van der Waals surface area contributed by atoms with E-state index < -0.39 is 24.3 Å². The van der Waals surface area contributed by atoms with Crippen molar-refractivity contribution in [1.29, 1.82) is 0 Å². The van der Waals surface area contributed by atoms with Crippen molar-refractivity contribution in [3.63, 3.8) is 0 Å². The van der Waals surface area contributed by atoms with Gasteiger partial charge in [-0.05, 0) is 19.4 Å². The number of carboxylic acid groups (broad SMARTS) is 2. The summed E-state index contributed by atoms with van der Waals surface area (Å²) in [5, 5.41) is 16.0. The number of carboxylic acids is 1. The van der Waals surface area contributed by atoms with Crippen LogP contribution in [-0.2, 0) is 14.3 Å². The standard InChI is InChI=1S/C6H14N2O2.C3H4O5/c7-4-2-1-3-5(8)6(9)10;1-7-3(6)8-2(4)5/h5H,1-4,7-8H2,(H,9,10);1H3,(H,4,5)/t5-;/m0./s1. The molecule has 0 saturated carbocycles. The SMILES string of the molecule is COC(=O)OC(=O)O.NCCCC[C@H](N)C(=O)O. The minimum absolute atomic E-state index is 0.520. The van der Waals surface area contributed by atoms with Gasteiger partial charge in [-0.1, -0.05) is 6.42 Å². The molecule has 0 unspecified atom stereocenters. The van der Waals surface area contributed by atoms with Crippen LogP contribution in [0.3, 0.4) is 0 Å². The van der Waals surface area contributed by atoms with Gasteiger partial charge in [0.1, 0.15) is 6.04 Å². The summed E-state index contributed by atoms with van der Waals surface area (Å²) in [6.45, 7) is 0.604. The monoisotopic (exact) mass is 266 g/mol. The molecule has 9 heteroatoms. The number of carbonyl (C=O) groups excluding carboxylic acids is 1. The highest BCUT2D eigenvalue weighted by molar-refractivity contribution is 5.75. The minimum Gasteiger partial charge on any atom is -0.480 e. The van der Waals surface area contributed by atoms with Gasteiger partial charge in [-0.2, -0.15) is 0 Å². The van der Waals surface area contributed by atoms with E-state index in [2.05, 4.69) is 9.47 Å². The van der Waals surface area contributed by atoms with Crippen molar-refractivity contribution >= 4 is 18.3 Å². The van der Waals surface area contributed by atoms with Crippen LogP contribution in [0.25, 0.3) is 0 Å². The molecule has 0 aromatic carbocycles. The highest BCUT2D eigenvalue weighted by Gasteiger charge is 2.09. The Labute approximate surface area is 104 Å². The summed E-state index contributed by atoms with van der Waals surface area (Å²) >= 11 is 0. The summed E-state index contributed by atoms with van der Waals surface area (Å²) in [7, 11) is 1.02. The first-order valence-corrected chi connectivity index (χ1v) is 5.02. The second kappa shape index (κ2) is 11.6. The fourth-order valence-corrected chi connectivity index (χ4v) is 0.745. The van der Waals surface area contributed by atoms with Crippen LogP contribution >= 0.6 is 0 Å². The van der Waals surface area contributed by atoms with Gasteiger partial charge < -0.3 is 31.2 Å². The topological polar surface area (TPSA) is 162 Å². The van der Waals surface area contributed by atoms with Crippen molar-refractivity contribution in [2.45, 2.75) is 25.3 Å². The lowest BCUT2D eigenvalue weighted by Crippen LogP contribution is -2.29. The van der Waals surface area contributed by atoms with Gasteiger partial charge >= 0.3 is 18.3 Å². The second-order valence-electron chi connectivity index (χ2n) is 3.05. The van der Waals surface area contributed by atoms with Gasteiger partial charge in [0.2, 0.25) is 0 Å². The molecule has 0 aromatic heterocycles. The lowest BCUT2D eigenvalue weighted by Gasteiger charge is -2.03. The Hall–Kier alpha value is -1.87. The average molecular weight is 266 g/mol. The molecule has 6 N–H and O–H groups in total. The summed E-state index contributed by atoms with van der Waals surface area (Å²) in [5.74, 6) is -0.933. The molecule has 0 aromatic rings. The Morgan fingerprint density at radius 2 is 1.78 bits per heavy atom. The van der Waals surface area contributed by atoms with Gasteiger partial charge in [-0.25, -0.2) is 9.59 Å². The normalized spacial score (nSPS) is 10.6. The first-order valence-electron chi connectivity index (χ1n) is 5.02. The van der Waals surface area contributed by atoms with Gasteiger partial charge in [0, 0.05) is 0 Å². The number of carbonyl (C=O) groups is 3. The zero-order valence-electron chi connectivity index (χ0n) is 10.00. The van der Waals surface area contributed by atoms with Crippen molar-refractivity contribution in [1.82, 2.24) is 0 Å². The molecule has 0 bridgehead atoms. The quantitative estimate of drug-likeness (QED) is 0.304. The molecule has 106 valence electrons. The summed E-state index contributed by atoms with van der Waals surface area (Å²) in [5.41, 5.74) is 10.4. The van der Waals surface area contributed by atoms with E-state index in [1.807, 2.05) is 0 Å². The van der Waals surface area contributed by atoms with Crippen molar-refractivity contribution in [2.75, 3.05) is 13.7 Å². The van der Waals surface area contributed by atoms with Crippen molar-refractivity contribution in [3.05, 3.63) is 0 Å².